The lowest BCUT2D eigenvalue weighted by Crippen LogP contribution is -2.17. The van der Waals surface area contributed by atoms with Gasteiger partial charge in [-0.05, 0) is 18.9 Å². The molecule has 0 aliphatic carbocycles. The van der Waals surface area contributed by atoms with Gasteiger partial charge in [0.15, 0.2) is 0 Å². The van der Waals surface area contributed by atoms with Crippen LogP contribution in [0.4, 0.5) is 0 Å². The second-order valence-electron chi connectivity index (χ2n) is 3.78. The van der Waals surface area contributed by atoms with Crippen molar-refractivity contribution in [3.8, 4) is 0 Å². The summed E-state index contributed by atoms with van der Waals surface area (Å²) in [6.45, 7) is 1.97. The van der Waals surface area contributed by atoms with Gasteiger partial charge in [-0.3, -0.25) is 4.79 Å². The fraction of sp³-hybridized carbons (Fsp3) is 0.364. The molecule has 7 heteroatoms. The van der Waals surface area contributed by atoms with Gasteiger partial charge in [-0.15, -0.1) is 23.1 Å². The van der Waals surface area contributed by atoms with Gasteiger partial charge in [0.05, 0.1) is 16.2 Å². The summed E-state index contributed by atoms with van der Waals surface area (Å²) in [6.07, 6.45) is 0.892. The number of carbonyl (C=O) groups excluding carboxylic acids is 1. The van der Waals surface area contributed by atoms with E-state index in [0.717, 1.165) is 21.9 Å². The number of thiophene rings is 1. The predicted molar refractivity (Wildman–Crippen MR) is 70.6 cm³/mol. The Bertz CT molecular complexity index is 689. The van der Waals surface area contributed by atoms with Gasteiger partial charge in [0.1, 0.15) is 4.83 Å². The number of rotatable bonds is 2. The molecule has 1 aliphatic rings. The highest BCUT2D eigenvalue weighted by atomic mass is 32.2. The summed E-state index contributed by atoms with van der Waals surface area (Å²) in [5.41, 5.74) is 0.826. The summed E-state index contributed by atoms with van der Waals surface area (Å²) in [4.78, 5) is 30.9. The molecule has 3 rings (SSSR count). The molecule has 3 heterocycles. The maximum atomic E-state index is 12.0. The lowest BCUT2D eigenvalue weighted by atomic mass is 10.2. The number of esters is 1. The van der Waals surface area contributed by atoms with Crippen LogP contribution >= 0.6 is 23.1 Å². The van der Waals surface area contributed by atoms with Crippen LogP contribution in [0.1, 0.15) is 23.1 Å². The molecule has 0 amide bonds. The first-order valence-electron chi connectivity index (χ1n) is 5.56. The van der Waals surface area contributed by atoms with Gasteiger partial charge >= 0.3 is 5.97 Å². The molecule has 94 valence electrons. The van der Waals surface area contributed by atoms with Gasteiger partial charge in [0, 0.05) is 5.75 Å². The van der Waals surface area contributed by atoms with Crippen molar-refractivity contribution in [2.45, 2.75) is 17.6 Å². The number of thioether (sulfide) groups is 1. The number of carbonyl (C=O) groups is 1. The minimum atomic E-state index is -0.585. The molecule has 0 atom stereocenters. The SMILES string of the molecule is CCOC(=O)c1nc2sc3c(c2c(=O)[nH]1)CCS3. The molecule has 0 fully saturated rings. The number of aryl methyl sites for hydroxylation is 1. The van der Waals surface area contributed by atoms with E-state index in [2.05, 4.69) is 9.97 Å². The Kier molecular flexibility index (Phi) is 2.87. The molecule has 2 aromatic rings. The lowest BCUT2D eigenvalue weighted by Gasteiger charge is -2.00. The van der Waals surface area contributed by atoms with Gasteiger partial charge in [-0.1, -0.05) is 0 Å². The van der Waals surface area contributed by atoms with Gasteiger partial charge in [-0.2, -0.15) is 0 Å². The van der Waals surface area contributed by atoms with Crippen molar-refractivity contribution in [3.63, 3.8) is 0 Å². The topological polar surface area (TPSA) is 72.0 Å². The predicted octanol–water partition coefficient (Wildman–Crippen LogP) is 1.81. The molecule has 0 radical (unpaired) electrons. The highest BCUT2D eigenvalue weighted by Gasteiger charge is 2.23. The minimum Gasteiger partial charge on any atom is -0.460 e. The van der Waals surface area contributed by atoms with Crippen LogP contribution in [-0.4, -0.2) is 28.3 Å². The zero-order chi connectivity index (χ0) is 12.7. The molecule has 5 nitrogen and oxygen atoms in total. The number of ether oxygens (including phenoxy) is 1. The zero-order valence-electron chi connectivity index (χ0n) is 9.61. The molecular weight excluding hydrogens is 272 g/mol. The van der Waals surface area contributed by atoms with E-state index in [-0.39, 0.29) is 18.0 Å². The van der Waals surface area contributed by atoms with E-state index in [1.807, 2.05) is 0 Å². The molecule has 1 N–H and O–H groups in total. The van der Waals surface area contributed by atoms with E-state index < -0.39 is 5.97 Å². The molecule has 2 aromatic heterocycles. The zero-order valence-corrected chi connectivity index (χ0v) is 11.2. The van der Waals surface area contributed by atoms with Crippen molar-refractivity contribution < 1.29 is 9.53 Å². The van der Waals surface area contributed by atoms with Gasteiger partial charge in [-0.25, -0.2) is 9.78 Å². The molecule has 0 saturated heterocycles. The molecule has 0 bridgehead atoms. The third-order valence-electron chi connectivity index (χ3n) is 2.68. The van der Waals surface area contributed by atoms with Crippen LogP contribution in [0.15, 0.2) is 9.00 Å². The van der Waals surface area contributed by atoms with Crippen molar-refractivity contribution in [1.82, 2.24) is 9.97 Å². The summed E-state index contributed by atoms with van der Waals surface area (Å²) in [6, 6.07) is 0. The third-order valence-corrected chi connectivity index (χ3v) is 5.12. The van der Waals surface area contributed by atoms with Gasteiger partial charge in [0.25, 0.3) is 5.56 Å². The first-order valence-corrected chi connectivity index (χ1v) is 7.36. The van der Waals surface area contributed by atoms with Crippen LogP contribution < -0.4 is 5.56 Å². The normalized spacial score (nSPS) is 13.8. The maximum Gasteiger partial charge on any atom is 0.374 e. The highest BCUT2D eigenvalue weighted by Crippen LogP contribution is 2.41. The molecule has 1 aliphatic heterocycles. The number of H-pyrrole nitrogens is 1. The molecule has 0 aromatic carbocycles. The smallest absolute Gasteiger partial charge is 0.374 e. The number of fused-ring (bicyclic) bond motifs is 3. The van der Waals surface area contributed by atoms with Crippen molar-refractivity contribution in [3.05, 3.63) is 21.7 Å². The fourth-order valence-corrected chi connectivity index (χ4v) is 4.48. The first kappa shape index (κ1) is 11.7. The average Bonchev–Trinajstić information content (AvgIpc) is 2.88. The Morgan fingerprint density at radius 1 is 1.56 bits per heavy atom. The molecule has 18 heavy (non-hydrogen) atoms. The Hall–Kier alpha value is -1.34. The molecule has 0 unspecified atom stereocenters. The van der Waals surface area contributed by atoms with Crippen molar-refractivity contribution >= 4 is 39.3 Å². The quantitative estimate of drug-likeness (QED) is 0.850. The van der Waals surface area contributed by atoms with E-state index in [4.69, 9.17) is 4.74 Å². The van der Waals surface area contributed by atoms with Gasteiger partial charge in [0.2, 0.25) is 5.82 Å². The maximum absolute atomic E-state index is 12.0. The second-order valence-corrected chi connectivity index (χ2v) is 6.14. The van der Waals surface area contributed by atoms with E-state index in [1.165, 1.54) is 11.3 Å². The fourth-order valence-electron chi connectivity index (χ4n) is 1.93. The largest absolute Gasteiger partial charge is 0.460 e. The number of aromatic nitrogens is 2. The Morgan fingerprint density at radius 3 is 3.17 bits per heavy atom. The molecule has 0 spiro atoms. The Labute approximate surface area is 111 Å². The highest BCUT2D eigenvalue weighted by molar-refractivity contribution is 8.01. The van der Waals surface area contributed by atoms with Crippen molar-refractivity contribution in [1.29, 1.82) is 0 Å². The van der Waals surface area contributed by atoms with Crippen LogP contribution in [-0.2, 0) is 11.2 Å². The molecular formula is C11H10N2O3S2. The average molecular weight is 282 g/mol. The first-order chi connectivity index (χ1) is 8.70. The summed E-state index contributed by atoms with van der Waals surface area (Å²) >= 11 is 3.21. The Balaban J connectivity index is 2.17. The standard InChI is InChI=1S/C11H10N2O3S2/c1-2-16-10(15)7-12-8(14)6-5-3-4-17-11(5)18-9(6)13-7/h2-4H2,1H3,(H,12,13,14). The van der Waals surface area contributed by atoms with E-state index >= 15 is 0 Å². The summed E-state index contributed by atoms with van der Waals surface area (Å²) < 4.78 is 5.98. The second kappa shape index (κ2) is 4.40. The summed E-state index contributed by atoms with van der Waals surface area (Å²) in [5, 5.41) is 0.632. The number of nitrogens with one attached hydrogen (secondary N) is 1. The summed E-state index contributed by atoms with van der Waals surface area (Å²) in [5.74, 6) is 0.410. The van der Waals surface area contributed by atoms with E-state index in [1.54, 1.807) is 18.7 Å². The third kappa shape index (κ3) is 1.74. The van der Waals surface area contributed by atoms with Crippen LogP contribution in [0.2, 0.25) is 0 Å². The van der Waals surface area contributed by atoms with Crippen molar-refractivity contribution in [2.75, 3.05) is 12.4 Å². The van der Waals surface area contributed by atoms with Crippen LogP contribution in [0.25, 0.3) is 10.2 Å². The van der Waals surface area contributed by atoms with Gasteiger partial charge < -0.3 is 9.72 Å². The van der Waals surface area contributed by atoms with E-state index in [0.29, 0.717) is 10.2 Å². The minimum absolute atomic E-state index is 0.0146. The molecule has 0 saturated carbocycles. The van der Waals surface area contributed by atoms with Crippen LogP contribution in [0.3, 0.4) is 0 Å². The lowest BCUT2D eigenvalue weighted by molar-refractivity contribution is 0.0512. The number of nitrogens with zero attached hydrogens (tertiary/aromatic N) is 1. The summed E-state index contributed by atoms with van der Waals surface area (Å²) in [7, 11) is 0. The number of hydrogen-bond donors (Lipinski definition) is 1. The number of hydrogen-bond acceptors (Lipinski definition) is 6. The Morgan fingerprint density at radius 2 is 2.39 bits per heavy atom. The van der Waals surface area contributed by atoms with Crippen molar-refractivity contribution in [2.24, 2.45) is 0 Å². The van der Waals surface area contributed by atoms with Crippen LogP contribution in [0.5, 0.6) is 0 Å². The monoisotopic (exact) mass is 282 g/mol. The van der Waals surface area contributed by atoms with Crippen LogP contribution in [0, 0.1) is 0 Å². The van der Waals surface area contributed by atoms with E-state index in [9.17, 15) is 9.59 Å². The number of aromatic amines is 1.